The van der Waals surface area contributed by atoms with E-state index in [0.717, 1.165) is 0 Å². The SMILES string of the molecule is Cn1c(C(=O)NCCn2ccnc2)cc(Cl)c1Cl. The number of halogens is 2. The molecule has 2 aromatic heterocycles. The van der Waals surface area contributed by atoms with E-state index in [2.05, 4.69) is 10.3 Å². The minimum atomic E-state index is -0.202. The van der Waals surface area contributed by atoms with Crippen molar-refractivity contribution in [1.82, 2.24) is 19.4 Å². The van der Waals surface area contributed by atoms with Crippen molar-refractivity contribution >= 4 is 29.1 Å². The smallest absolute Gasteiger partial charge is 0.268 e. The maximum absolute atomic E-state index is 11.9. The summed E-state index contributed by atoms with van der Waals surface area (Å²) in [6.45, 7) is 1.17. The zero-order valence-corrected chi connectivity index (χ0v) is 11.2. The monoisotopic (exact) mass is 286 g/mol. The third-order valence-electron chi connectivity index (χ3n) is 2.56. The van der Waals surface area contributed by atoms with Crippen LogP contribution in [0.5, 0.6) is 0 Å². The Kier molecular flexibility index (Phi) is 3.93. The van der Waals surface area contributed by atoms with Crippen LogP contribution in [0.1, 0.15) is 10.5 Å². The second-order valence-corrected chi connectivity index (χ2v) is 4.55. The van der Waals surface area contributed by atoms with E-state index < -0.39 is 0 Å². The Morgan fingerprint density at radius 3 is 2.83 bits per heavy atom. The lowest BCUT2D eigenvalue weighted by molar-refractivity contribution is 0.0944. The van der Waals surface area contributed by atoms with Gasteiger partial charge in [0.15, 0.2) is 0 Å². The van der Waals surface area contributed by atoms with Crippen molar-refractivity contribution in [2.75, 3.05) is 6.54 Å². The van der Waals surface area contributed by atoms with Crippen LogP contribution in [0.15, 0.2) is 24.8 Å². The predicted octanol–water partition coefficient (Wildman–Crippen LogP) is 1.96. The van der Waals surface area contributed by atoms with E-state index in [-0.39, 0.29) is 5.91 Å². The first-order valence-electron chi connectivity index (χ1n) is 5.34. The largest absolute Gasteiger partial charge is 0.349 e. The topological polar surface area (TPSA) is 51.9 Å². The van der Waals surface area contributed by atoms with Crippen LogP contribution in [-0.4, -0.2) is 26.6 Å². The summed E-state index contributed by atoms with van der Waals surface area (Å²) in [5.41, 5.74) is 0.440. The Morgan fingerprint density at radius 1 is 1.50 bits per heavy atom. The van der Waals surface area contributed by atoms with Crippen molar-refractivity contribution in [3.05, 3.63) is 40.7 Å². The molecule has 7 heteroatoms. The van der Waals surface area contributed by atoms with Gasteiger partial charge in [0.05, 0.1) is 11.3 Å². The van der Waals surface area contributed by atoms with Crippen molar-refractivity contribution in [3.8, 4) is 0 Å². The molecule has 1 N–H and O–H groups in total. The number of hydrogen-bond acceptors (Lipinski definition) is 2. The molecule has 0 saturated carbocycles. The van der Waals surface area contributed by atoms with Crippen LogP contribution in [0.4, 0.5) is 0 Å². The van der Waals surface area contributed by atoms with E-state index in [1.165, 1.54) is 0 Å². The Bertz CT molecular complexity index is 548. The fraction of sp³-hybridized carbons (Fsp3) is 0.273. The van der Waals surface area contributed by atoms with E-state index in [1.807, 2.05) is 10.8 Å². The van der Waals surface area contributed by atoms with E-state index in [1.54, 1.807) is 30.2 Å². The highest BCUT2D eigenvalue weighted by Gasteiger charge is 2.14. The van der Waals surface area contributed by atoms with E-state index in [9.17, 15) is 4.79 Å². The summed E-state index contributed by atoms with van der Waals surface area (Å²) in [6, 6.07) is 1.55. The van der Waals surface area contributed by atoms with Gasteiger partial charge >= 0.3 is 0 Å². The molecule has 0 unspecified atom stereocenters. The van der Waals surface area contributed by atoms with Crippen LogP contribution >= 0.6 is 23.2 Å². The van der Waals surface area contributed by atoms with Crippen molar-refractivity contribution in [1.29, 1.82) is 0 Å². The standard InChI is InChI=1S/C11H12Cl2N4O/c1-16-9(6-8(12)10(16)13)11(18)15-3-5-17-4-2-14-7-17/h2,4,6-7H,3,5H2,1H3,(H,15,18). The Labute approximate surface area is 114 Å². The van der Waals surface area contributed by atoms with Gasteiger partial charge in [-0.3, -0.25) is 4.79 Å². The summed E-state index contributed by atoms with van der Waals surface area (Å²) in [6.07, 6.45) is 5.23. The third-order valence-corrected chi connectivity index (χ3v) is 3.41. The Morgan fingerprint density at radius 2 is 2.28 bits per heavy atom. The van der Waals surface area contributed by atoms with Gasteiger partial charge < -0.3 is 14.5 Å². The molecule has 0 bridgehead atoms. The molecule has 2 aromatic rings. The highest BCUT2D eigenvalue weighted by atomic mass is 35.5. The summed E-state index contributed by atoms with van der Waals surface area (Å²) in [7, 11) is 1.69. The molecule has 0 atom stereocenters. The van der Waals surface area contributed by atoms with Gasteiger partial charge in [-0.05, 0) is 6.07 Å². The van der Waals surface area contributed by atoms with Crippen molar-refractivity contribution in [2.24, 2.45) is 7.05 Å². The number of nitrogens with zero attached hydrogens (tertiary/aromatic N) is 3. The highest BCUT2D eigenvalue weighted by molar-refractivity contribution is 6.41. The molecular weight excluding hydrogens is 275 g/mol. The minimum absolute atomic E-state index is 0.202. The van der Waals surface area contributed by atoms with Crippen LogP contribution in [-0.2, 0) is 13.6 Å². The highest BCUT2D eigenvalue weighted by Crippen LogP contribution is 2.24. The normalized spacial score (nSPS) is 10.6. The summed E-state index contributed by atoms with van der Waals surface area (Å²) >= 11 is 11.7. The van der Waals surface area contributed by atoms with E-state index in [0.29, 0.717) is 29.0 Å². The predicted molar refractivity (Wildman–Crippen MR) is 70.0 cm³/mol. The van der Waals surface area contributed by atoms with Crippen LogP contribution in [0.2, 0.25) is 10.2 Å². The molecule has 0 aliphatic heterocycles. The molecule has 1 amide bonds. The minimum Gasteiger partial charge on any atom is -0.349 e. The van der Waals surface area contributed by atoms with Gasteiger partial charge in [-0.1, -0.05) is 23.2 Å². The Balaban J connectivity index is 1.93. The molecule has 96 valence electrons. The second-order valence-electron chi connectivity index (χ2n) is 3.78. The summed E-state index contributed by atoms with van der Waals surface area (Å²) in [5.74, 6) is -0.202. The first-order valence-corrected chi connectivity index (χ1v) is 6.10. The molecule has 5 nitrogen and oxygen atoms in total. The fourth-order valence-corrected chi connectivity index (χ4v) is 1.94. The lowest BCUT2D eigenvalue weighted by Crippen LogP contribution is -2.28. The van der Waals surface area contributed by atoms with E-state index >= 15 is 0 Å². The summed E-state index contributed by atoms with van der Waals surface area (Å²) in [5, 5.41) is 3.52. The molecule has 2 heterocycles. The van der Waals surface area contributed by atoms with E-state index in [4.69, 9.17) is 23.2 Å². The van der Waals surface area contributed by atoms with Gasteiger partial charge in [-0.25, -0.2) is 4.98 Å². The molecule has 0 aliphatic rings. The molecular formula is C11H12Cl2N4O. The van der Waals surface area contributed by atoms with Crippen molar-refractivity contribution in [3.63, 3.8) is 0 Å². The number of rotatable bonds is 4. The molecule has 18 heavy (non-hydrogen) atoms. The molecule has 0 saturated heterocycles. The first-order chi connectivity index (χ1) is 8.59. The van der Waals surface area contributed by atoms with Crippen molar-refractivity contribution in [2.45, 2.75) is 6.54 Å². The molecule has 0 aromatic carbocycles. The third kappa shape index (κ3) is 2.68. The molecule has 0 radical (unpaired) electrons. The quantitative estimate of drug-likeness (QED) is 0.934. The zero-order chi connectivity index (χ0) is 13.1. The number of nitrogens with one attached hydrogen (secondary N) is 1. The first kappa shape index (κ1) is 13.0. The van der Waals surface area contributed by atoms with Gasteiger partial charge in [0, 0.05) is 32.5 Å². The average molecular weight is 287 g/mol. The lowest BCUT2D eigenvalue weighted by Gasteiger charge is -2.06. The van der Waals surface area contributed by atoms with Gasteiger partial charge in [0.25, 0.3) is 5.91 Å². The Hall–Kier alpha value is -1.46. The fourth-order valence-electron chi connectivity index (χ4n) is 1.57. The number of amides is 1. The summed E-state index contributed by atoms with van der Waals surface area (Å²) in [4.78, 5) is 15.8. The van der Waals surface area contributed by atoms with Gasteiger partial charge in [0.2, 0.25) is 0 Å². The molecule has 0 spiro atoms. The van der Waals surface area contributed by atoms with Crippen LogP contribution in [0, 0.1) is 0 Å². The van der Waals surface area contributed by atoms with Crippen LogP contribution in [0.3, 0.4) is 0 Å². The van der Waals surface area contributed by atoms with Gasteiger partial charge in [-0.2, -0.15) is 0 Å². The van der Waals surface area contributed by atoms with Gasteiger partial charge in [-0.15, -0.1) is 0 Å². The van der Waals surface area contributed by atoms with Crippen LogP contribution in [0.25, 0.3) is 0 Å². The average Bonchev–Trinajstić information content (AvgIpc) is 2.94. The zero-order valence-electron chi connectivity index (χ0n) is 9.73. The lowest BCUT2D eigenvalue weighted by atomic mass is 10.4. The van der Waals surface area contributed by atoms with Crippen LogP contribution < -0.4 is 5.32 Å². The maximum Gasteiger partial charge on any atom is 0.268 e. The number of aromatic nitrogens is 3. The number of carbonyl (C=O) groups excluding carboxylic acids is 1. The number of carbonyl (C=O) groups is 1. The maximum atomic E-state index is 11.9. The summed E-state index contributed by atoms with van der Waals surface area (Å²) < 4.78 is 3.43. The van der Waals surface area contributed by atoms with Gasteiger partial charge in [0.1, 0.15) is 10.8 Å². The van der Waals surface area contributed by atoms with Crippen molar-refractivity contribution < 1.29 is 4.79 Å². The molecule has 2 rings (SSSR count). The molecule has 0 aliphatic carbocycles. The number of imidazole rings is 1. The second kappa shape index (κ2) is 5.46. The number of hydrogen-bond donors (Lipinski definition) is 1. The molecule has 0 fully saturated rings.